The molecule has 0 saturated heterocycles. The van der Waals surface area contributed by atoms with Crippen LogP contribution in [-0.4, -0.2) is 9.78 Å². The van der Waals surface area contributed by atoms with Gasteiger partial charge in [-0.25, -0.2) is 0 Å². The molecule has 0 aliphatic rings. The van der Waals surface area contributed by atoms with E-state index in [9.17, 15) is 4.79 Å². The maximum Gasteiger partial charge on any atom is 0.272 e. The molecule has 0 amide bonds. The fourth-order valence-electron chi connectivity index (χ4n) is 2.12. The van der Waals surface area contributed by atoms with Gasteiger partial charge in [-0.1, -0.05) is 41.9 Å². The van der Waals surface area contributed by atoms with Gasteiger partial charge in [-0.15, -0.1) is 0 Å². The number of halogens is 1. The number of benzene rings is 2. The summed E-state index contributed by atoms with van der Waals surface area (Å²) in [5, 5.41) is 3.81. The van der Waals surface area contributed by atoms with Crippen molar-refractivity contribution in [1.82, 2.24) is 9.78 Å². The van der Waals surface area contributed by atoms with Gasteiger partial charge in [0.1, 0.15) is 0 Å². The van der Waals surface area contributed by atoms with E-state index in [0.29, 0.717) is 22.6 Å². The topological polar surface area (TPSA) is 63.8 Å². The van der Waals surface area contributed by atoms with Crippen LogP contribution in [0.25, 0.3) is 10.9 Å². The number of nitrogens with one attached hydrogen (secondary N) is 1. The summed E-state index contributed by atoms with van der Waals surface area (Å²) < 4.78 is 1.78. The number of H-pyrrole nitrogens is 1. The lowest BCUT2D eigenvalue weighted by atomic mass is 10.2. The molecule has 4 nitrogen and oxygen atoms in total. The van der Waals surface area contributed by atoms with Crippen LogP contribution in [0.2, 0.25) is 5.02 Å². The number of hydrogen-bond acceptors (Lipinski definition) is 2. The molecule has 1 aromatic heterocycles. The number of aromatic nitrogens is 2. The third kappa shape index (κ3) is 2.11. The predicted octanol–water partition coefficient (Wildman–Crippen LogP) is 2.61. The SMILES string of the molecule is Nc1cc2c(=O)[nH]n(Cc3ccccc3)c2cc1Cl. The van der Waals surface area contributed by atoms with Crippen molar-refractivity contribution in [2.24, 2.45) is 0 Å². The number of nitrogens with two attached hydrogens (primary N) is 1. The Kier molecular flexibility index (Phi) is 2.80. The molecule has 96 valence electrons. The van der Waals surface area contributed by atoms with E-state index in [4.69, 9.17) is 17.3 Å². The quantitative estimate of drug-likeness (QED) is 0.705. The van der Waals surface area contributed by atoms with Crippen LogP contribution < -0.4 is 11.3 Å². The summed E-state index contributed by atoms with van der Waals surface area (Å²) in [6.07, 6.45) is 0. The highest BCUT2D eigenvalue weighted by molar-refractivity contribution is 6.33. The Morgan fingerprint density at radius 1 is 1.21 bits per heavy atom. The normalized spacial score (nSPS) is 11.0. The zero-order valence-electron chi connectivity index (χ0n) is 10.1. The minimum absolute atomic E-state index is 0.158. The first-order chi connectivity index (χ1) is 9.15. The lowest BCUT2D eigenvalue weighted by molar-refractivity contribution is 0.703. The molecule has 0 fully saturated rings. The molecule has 0 aliphatic heterocycles. The first-order valence-corrected chi connectivity index (χ1v) is 6.24. The maximum absolute atomic E-state index is 11.9. The molecule has 0 aliphatic carbocycles. The van der Waals surface area contributed by atoms with Crippen molar-refractivity contribution in [3.63, 3.8) is 0 Å². The minimum atomic E-state index is -0.158. The van der Waals surface area contributed by atoms with E-state index < -0.39 is 0 Å². The first kappa shape index (κ1) is 11.9. The summed E-state index contributed by atoms with van der Waals surface area (Å²) in [6, 6.07) is 13.2. The van der Waals surface area contributed by atoms with Gasteiger partial charge in [-0.05, 0) is 17.7 Å². The molecule has 3 rings (SSSR count). The fourth-order valence-corrected chi connectivity index (χ4v) is 2.28. The van der Waals surface area contributed by atoms with E-state index in [1.807, 2.05) is 30.3 Å². The van der Waals surface area contributed by atoms with Gasteiger partial charge in [0.15, 0.2) is 0 Å². The summed E-state index contributed by atoms with van der Waals surface area (Å²) in [5.74, 6) is 0. The summed E-state index contributed by atoms with van der Waals surface area (Å²) in [4.78, 5) is 11.9. The number of fused-ring (bicyclic) bond motifs is 1. The Morgan fingerprint density at radius 3 is 2.68 bits per heavy atom. The van der Waals surface area contributed by atoms with Crippen molar-refractivity contribution in [3.05, 3.63) is 63.4 Å². The van der Waals surface area contributed by atoms with Gasteiger partial charge >= 0.3 is 0 Å². The second-order valence-corrected chi connectivity index (χ2v) is 4.81. The van der Waals surface area contributed by atoms with E-state index in [1.165, 1.54) is 0 Å². The molecule has 5 heteroatoms. The first-order valence-electron chi connectivity index (χ1n) is 5.86. The highest BCUT2D eigenvalue weighted by Gasteiger charge is 2.09. The number of nitrogens with zero attached hydrogens (tertiary/aromatic N) is 1. The van der Waals surface area contributed by atoms with Gasteiger partial charge in [0.25, 0.3) is 5.56 Å². The summed E-state index contributed by atoms with van der Waals surface area (Å²) in [7, 11) is 0. The van der Waals surface area contributed by atoms with Crippen LogP contribution in [0, 0.1) is 0 Å². The maximum atomic E-state index is 11.9. The molecule has 19 heavy (non-hydrogen) atoms. The monoisotopic (exact) mass is 273 g/mol. The third-order valence-corrected chi connectivity index (χ3v) is 3.40. The van der Waals surface area contributed by atoms with E-state index in [1.54, 1.807) is 16.8 Å². The van der Waals surface area contributed by atoms with Crippen molar-refractivity contribution in [2.75, 3.05) is 5.73 Å². The van der Waals surface area contributed by atoms with E-state index in [-0.39, 0.29) is 5.56 Å². The van der Waals surface area contributed by atoms with Gasteiger partial charge in [-0.3, -0.25) is 14.6 Å². The third-order valence-electron chi connectivity index (χ3n) is 3.07. The van der Waals surface area contributed by atoms with Crippen molar-refractivity contribution in [2.45, 2.75) is 6.54 Å². The number of aromatic amines is 1. The van der Waals surface area contributed by atoms with Gasteiger partial charge in [-0.2, -0.15) is 0 Å². The molecule has 0 bridgehead atoms. The van der Waals surface area contributed by atoms with Crippen LogP contribution in [0.1, 0.15) is 5.56 Å². The molecule has 0 saturated carbocycles. The molecular weight excluding hydrogens is 262 g/mol. The average Bonchev–Trinajstić information content (AvgIpc) is 2.68. The molecule has 0 unspecified atom stereocenters. The standard InChI is InChI=1S/C14H12ClN3O/c15-11-7-13-10(6-12(11)16)14(19)17-18(13)8-9-4-2-1-3-5-9/h1-7H,8,16H2,(H,17,19). The number of nitrogen functional groups attached to an aromatic ring is 1. The van der Waals surface area contributed by atoms with Crippen LogP contribution >= 0.6 is 11.6 Å². The number of rotatable bonds is 2. The van der Waals surface area contributed by atoms with Crippen LogP contribution in [0.4, 0.5) is 5.69 Å². The minimum Gasteiger partial charge on any atom is -0.398 e. The number of hydrogen-bond donors (Lipinski definition) is 2. The van der Waals surface area contributed by atoms with Crippen LogP contribution in [-0.2, 0) is 6.54 Å². The lowest BCUT2D eigenvalue weighted by Gasteiger charge is -2.05. The molecular formula is C14H12ClN3O. The average molecular weight is 274 g/mol. The summed E-state index contributed by atoms with van der Waals surface area (Å²) in [5.41, 5.74) is 7.84. The molecule has 3 aromatic rings. The van der Waals surface area contributed by atoms with E-state index in [0.717, 1.165) is 11.1 Å². The molecule has 0 spiro atoms. The van der Waals surface area contributed by atoms with Gasteiger partial charge in [0, 0.05) is 0 Å². The van der Waals surface area contributed by atoms with Crippen molar-refractivity contribution in [1.29, 1.82) is 0 Å². The zero-order chi connectivity index (χ0) is 13.4. The Hall–Kier alpha value is -2.20. The van der Waals surface area contributed by atoms with Crippen molar-refractivity contribution < 1.29 is 0 Å². The van der Waals surface area contributed by atoms with Crippen LogP contribution in [0.5, 0.6) is 0 Å². The molecule has 1 heterocycles. The van der Waals surface area contributed by atoms with Crippen LogP contribution in [0.15, 0.2) is 47.3 Å². The Labute approximate surface area is 114 Å². The van der Waals surface area contributed by atoms with Gasteiger partial charge in [0.05, 0.1) is 28.2 Å². The molecule has 0 atom stereocenters. The second kappa shape index (κ2) is 4.48. The Balaban J connectivity index is 2.15. The van der Waals surface area contributed by atoms with Gasteiger partial charge < -0.3 is 5.73 Å². The molecule has 2 aromatic carbocycles. The molecule has 3 N–H and O–H groups in total. The fraction of sp³-hybridized carbons (Fsp3) is 0.0714. The summed E-state index contributed by atoms with van der Waals surface area (Å²) >= 11 is 6.02. The predicted molar refractivity (Wildman–Crippen MR) is 77.5 cm³/mol. The second-order valence-electron chi connectivity index (χ2n) is 4.40. The van der Waals surface area contributed by atoms with Crippen molar-refractivity contribution in [3.8, 4) is 0 Å². The highest BCUT2D eigenvalue weighted by atomic mass is 35.5. The highest BCUT2D eigenvalue weighted by Crippen LogP contribution is 2.24. The Bertz CT molecular complexity index is 790. The largest absolute Gasteiger partial charge is 0.398 e. The van der Waals surface area contributed by atoms with Gasteiger partial charge in [0.2, 0.25) is 0 Å². The summed E-state index contributed by atoms with van der Waals surface area (Å²) in [6.45, 7) is 0.583. The number of anilines is 1. The van der Waals surface area contributed by atoms with Crippen molar-refractivity contribution >= 4 is 28.2 Å². The van der Waals surface area contributed by atoms with Crippen LogP contribution in [0.3, 0.4) is 0 Å². The Morgan fingerprint density at radius 2 is 1.95 bits per heavy atom. The van der Waals surface area contributed by atoms with E-state index >= 15 is 0 Å². The van der Waals surface area contributed by atoms with E-state index in [2.05, 4.69) is 5.10 Å². The lowest BCUT2D eigenvalue weighted by Crippen LogP contribution is -2.06. The molecule has 0 radical (unpaired) electrons. The smallest absolute Gasteiger partial charge is 0.272 e. The zero-order valence-corrected chi connectivity index (χ0v) is 10.8.